The predicted octanol–water partition coefficient (Wildman–Crippen LogP) is 11.7. The summed E-state index contributed by atoms with van der Waals surface area (Å²) in [6, 6.07) is 40.5. The molecule has 240 valence electrons. The summed E-state index contributed by atoms with van der Waals surface area (Å²) in [5.41, 5.74) is 16.4. The molecule has 2 aromatic heterocycles. The summed E-state index contributed by atoms with van der Waals surface area (Å²) in [4.78, 5) is 12.4. The number of aromatic nitrogens is 2. The molecule has 4 nitrogen and oxygen atoms in total. The van der Waals surface area contributed by atoms with Crippen molar-refractivity contribution >= 4 is 28.1 Å². The highest BCUT2D eigenvalue weighted by molar-refractivity contribution is 5.91. The lowest BCUT2D eigenvalue weighted by Gasteiger charge is -2.41. The summed E-state index contributed by atoms with van der Waals surface area (Å²) in [5.74, 6) is 1.06. The summed E-state index contributed by atoms with van der Waals surface area (Å²) in [7, 11) is 0. The molecular formula is C45H39N3O. The molecule has 1 N–H and O–H groups in total. The molecule has 8 rings (SSSR count). The number of pyridine rings is 2. The van der Waals surface area contributed by atoms with E-state index in [9.17, 15) is 5.11 Å². The normalized spacial score (nSPS) is 13.3. The fraction of sp³-hybridized carbons (Fsp3) is 0.156. The summed E-state index contributed by atoms with van der Waals surface area (Å²) in [6.07, 6.45) is 2.01. The van der Waals surface area contributed by atoms with Crippen LogP contribution in [0.25, 0.3) is 44.4 Å². The van der Waals surface area contributed by atoms with E-state index < -0.39 is 0 Å². The molecule has 7 aromatic rings. The van der Waals surface area contributed by atoms with Crippen LogP contribution in [-0.4, -0.2) is 15.1 Å². The Morgan fingerprint density at radius 2 is 1.31 bits per heavy atom. The van der Waals surface area contributed by atoms with E-state index in [0.29, 0.717) is 5.52 Å². The number of benzene rings is 5. The van der Waals surface area contributed by atoms with Crippen LogP contribution in [0.5, 0.6) is 5.75 Å². The first kappa shape index (κ1) is 30.6. The zero-order valence-electron chi connectivity index (χ0n) is 28.8. The van der Waals surface area contributed by atoms with Gasteiger partial charge in [0, 0.05) is 22.6 Å². The average Bonchev–Trinajstić information content (AvgIpc) is 3.11. The van der Waals surface area contributed by atoms with Crippen molar-refractivity contribution in [2.75, 3.05) is 4.90 Å². The minimum Gasteiger partial charge on any atom is -0.506 e. The van der Waals surface area contributed by atoms with E-state index in [0.717, 1.165) is 45.0 Å². The Bertz CT molecular complexity index is 2400. The SMILES string of the molecule is Cc1cnc(N2c3ccccc3C(C)(C)c3ccc(-c4ccc5c(C)ccc(O)c5n4)cc32)cc1-c1c(C)cc(-c2ccccc2)cc1C. The van der Waals surface area contributed by atoms with Crippen LogP contribution in [0, 0.1) is 27.7 Å². The van der Waals surface area contributed by atoms with Gasteiger partial charge in [-0.15, -0.1) is 0 Å². The minimum atomic E-state index is -0.235. The Kier molecular flexibility index (Phi) is 7.15. The van der Waals surface area contributed by atoms with Crippen molar-refractivity contribution in [1.82, 2.24) is 9.97 Å². The van der Waals surface area contributed by atoms with Gasteiger partial charge in [-0.1, -0.05) is 98.8 Å². The molecule has 5 aromatic carbocycles. The molecule has 0 fully saturated rings. The Morgan fingerprint density at radius 1 is 0.592 bits per heavy atom. The van der Waals surface area contributed by atoms with Crippen LogP contribution in [0.2, 0.25) is 0 Å². The van der Waals surface area contributed by atoms with E-state index in [-0.39, 0.29) is 11.2 Å². The molecule has 0 amide bonds. The van der Waals surface area contributed by atoms with Gasteiger partial charge in [0.25, 0.3) is 0 Å². The van der Waals surface area contributed by atoms with Crippen LogP contribution >= 0.6 is 0 Å². The molecule has 0 bridgehead atoms. The molecule has 0 atom stereocenters. The van der Waals surface area contributed by atoms with Gasteiger partial charge in [-0.05, 0) is 114 Å². The zero-order chi connectivity index (χ0) is 34.0. The van der Waals surface area contributed by atoms with E-state index in [2.05, 4.69) is 143 Å². The lowest BCUT2D eigenvalue weighted by atomic mass is 9.73. The van der Waals surface area contributed by atoms with E-state index in [1.54, 1.807) is 6.07 Å². The van der Waals surface area contributed by atoms with Crippen molar-refractivity contribution in [1.29, 1.82) is 0 Å². The van der Waals surface area contributed by atoms with Gasteiger partial charge in [-0.2, -0.15) is 0 Å². The number of para-hydroxylation sites is 1. The molecular weight excluding hydrogens is 599 g/mol. The van der Waals surface area contributed by atoms with Crippen LogP contribution in [0.15, 0.2) is 121 Å². The lowest BCUT2D eigenvalue weighted by Crippen LogP contribution is -2.31. The molecule has 0 spiro atoms. The van der Waals surface area contributed by atoms with Crippen molar-refractivity contribution in [2.24, 2.45) is 0 Å². The van der Waals surface area contributed by atoms with Crippen molar-refractivity contribution < 1.29 is 5.11 Å². The van der Waals surface area contributed by atoms with Crippen LogP contribution in [0.4, 0.5) is 17.2 Å². The van der Waals surface area contributed by atoms with E-state index in [1.807, 2.05) is 19.2 Å². The van der Waals surface area contributed by atoms with Crippen LogP contribution in [0.3, 0.4) is 0 Å². The van der Waals surface area contributed by atoms with Crippen molar-refractivity contribution in [2.45, 2.75) is 47.0 Å². The Morgan fingerprint density at radius 3 is 2.08 bits per heavy atom. The Labute approximate surface area is 288 Å². The Balaban J connectivity index is 1.31. The monoisotopic (exact) mass is 637 g/mol. The van der Waals surface area contributed by atoms with Gasteiger partial charge >= 0.3 is 0 Å². The third-order valence-corrected chi connectivity index (χ3v) is 10.3. The Hall–Kier alpha value is -5.74. The molecule has 0 aliphatic carbocycles. The standard InChI is InChI=1S/C45H39N3O/c1-27-16-21-41(49)44-34(27)18-20-38(47-44)32-17-19-37-40(24-32)48(39-15-11-10-14-36(39)45(37,5)6)42-25-35(30(4)26-46-42)43-28(2)22-33(23-29(43)3)31-12-8-7-9-13-31/h7-26,49H,1-6H3. The van der Waals surface area contributed by atoms with Gasteiger partial charge in [0.05, 0.1) is 17.1 Å². The topological polar surface area (TPSA) is 49.2 Å². The highest BCUT2D eigenvalue weighted by Crippen LogP contribution is 2.52. The number of phenols is 1. The number of fused-ring (bicyclic) bond motifs is 3. The molecule has 49 heavy (non-hydrogen) atoms. The third-order valence-electron chi connectivity index (χ3n) is 10.3. The van der Waals surface area contributed by atoms with Crippen LogP contribution in [-0.2, 0) is 5.41 Å². The summed E-state index contributed by atoms with van der Waals surface area (Å²) >= 11 is 0. The second-order valence-corrected chi connectivity index (χ2v) is 13.9. The maximum Gasteiger partial charge on any atom is 0.141 e. The zero-order valence-corrected chi connectivity index (χ0v) is 28.8. The average molecular weight is 638 g/mol. The quantitative estimate of drug-likeness (QED) is 0.209. The number of aryl methyl sites for hydroxylation is 4. The van der Waals surface area contributed by atoms with Crippen LogP contribution < -0.4 is 4.90 Å². The van der Waals surface area contributed by atoms with E-state index >= 15 is 0 Å². The largest absolute Gasteiger partial charge is 0.506 e. The predicted molar refractivity (Wildman–Crippen MR) is 203 cm³/mol. The molecule has 4 heteroatoms. The third kappa shape index (κ3) is 4.98. The highest BCUT2D eigenvalue weighted by atomic mass is 16.3. The maximum absolute atomic E-state index is 10.7. The summed E-state index contributed by atoms with van der Waals surface area (Å²) in [5, 5.41) is 11.7. The van der Waals surface area contributed by atoms with Crippen LogP contribution in [0.1, 0.15) is 47.2 Å². The number of hydrogen-bond acceptors (Lipinski definition) is 4. The molecule has 1 aliphatic rings. The first-order valence-corrected chi connectivity index (χ1v) is 16.9. The molecule has 0 radical (unpaired) electrons. The van der Waals surface area contributed by atoms with Gasteiger partial charge in [-0.25, -0.2) is 9.97 Å². The number of hydrogen-bond donors (Lipinski definition) is 1. The molecule has 0 saturated carbocycles. The molecule has 3 heterocycles. The lowest BCUT2D eigenvalue weighted by molar-refractivity contribution is 0.480. The number of aromatic hydroxyl groups is 1. The molecule has 1 aliphatic heterocycles. The molecule has 0 saturated heterocycles. The fourth-order valence-electron chi connectivity index (χ4n) is 7.72. The van der Waals surface area contributed by atoms with Gasteiger partial charge in [0.15, 0.2) is 0 Å². The van der Waals surface area contributed by atoms with Gasteiger partial charge in [0.2, 0.25) is 0 Å². The molecule has 0 unspecified atom stereocenters. The first-order valence-electron chi connectivity index (χ1n) is 16.9. The van der Waals surface area contributed by atoms with Gasteiger partial charge in [0.1, 0.15) is 17.1 Å². The number of phenolic OH excluding ortho intramolecular Hbond substituents is 1. The minimum absolute atomic E-state index is 0.191. The second kappa shape index (κ2) is 11.5. The van der Waals surface area contributed by atoms with Crippen molar-refractivity contribution in [3.05, 3.63) is 155 Å². The maximum atomic E-state index is 10.7. The number of nitrogens with zero attached hydrogens (tertiary/aromatic N) is 3. The van der Waals surface area contributed by atoms with Gasteiger partial charge < -0.3 is 5.11 Å². The van der Waals surface area contributed by atoms with Crippen molar-refractivity contribution in [3.8, 4) is 39.3 Å². The number of anilines is 3. The fourth-order valence-corrected chi connectivity index (χ4v) is 7.72. The second-order valence-electron chi connectivity index (χ2n) is 13.9. The highest BCUT2D eigenvalue weighted by Gasteiger charge is 2.37. The summed E-state index contributed by atoms with van der Waals surface area (Å²) < 4.78 is 0. The first-order chi connectivity index (χ1) is 23.6. The number of rotatable bonds is 4. The van der Waals surface area contributed by atoms with Crippen molar-refractivity contribution in [3.63, 3.8) is 0 Å². The van der Waals surface area contributed by atoms with E-state index in [1.165, 1.54) is 44.5 Å². The smallest absolute Gasteiger partial charge is 0.141 e. The van der Waals surface area contributed by atoms with Gasteiger partial charge in [-0.3, -0.25) is 4.90 Å². The van der Waals surface area contributed by atoms with E-state index in [4.69, 9.17) is 9.97 Å². The summed E-state index contributed by atoms with van der Waals surface area (Å²) in [6.45, 7) is 13.2.